The average molecular weight is 253 g/mol. The largest absolute Gasteiger partial charge is 0.329 e. The molecular weight excluding hydrogens is 222 g/mol. The summed E-state index contributed by atoms with van der Waals surface area (Å²) in [4.78, 5) is 5.17. The van der Waals surface area contributed by atoms with Crippen molar-refractivity contribution < 1.29 is 0 Å². The lowest BCUT2D eigenvalue weighted by atomic mass is 9.68. The quantitative estimate of drug-likeness (QED) is 0.816. The first-order chi connectivity index (χ1) is 8.38. The fourth-order valence-electron chi connectivity index (χ4n) is 3.85. The van der Waals surface area contributed by atoms with Gasteiger partial charge in [0.1, 0.15) is 0 Å². The second kappa shape index (κ2) is 5.10. The summed E-state index contributed by atoms with van der Waals surface area (Å²) in [5.41, 5.74) is 7.01. The molecule has 0 radical (unpaired) electrons. The van der Waals surface area contributed by atoms with Crippen LogP contribution in [0.2, 0.25) is 0 Å². The third-order valence-electron chi connectivity index (χ3n) is 5.35. The number of likely N-dealkylation sites (N-methyl/N-ethyl adjacent to an activating group) is 1. The van der Waals surface area contributed by atoms with Gasteiger partial charge in [-0.1, -0.05) is 13.8 Å². The maximum atomic E-state index is 6.20. The summed E-state index contributed by atoms with van der Waals surface area (Å²) in [5.74, 6) is 0. The van der Waals surface area contributed by atoms with E-state index in [-0.39, 0.29) is 5.54 Å². The minimum atomic E-state index is 0.288. The Hall–Kier alpha value is -0.120. The van der Waals surface area contributed by atoms with Crippen molar-refractivity contribution in [2.45, 2.75) is 58.0 Å². The summed E-state index contributed by atoms with van der Waals surface area (Å²) in [5, 5.41) is 0. The third-order valence-corrected chi connectivity index (χ3v) is 5.35. The molecule has 0 bridgehead atoms. The van der Waals surface area contributed by atoms with E-state index in [1.54, 1.807) is 0 Å². The predicted molar refractivity (Wildman–Crippen MR) is 77.7 cm³/mol. The van der Waals surface area contributed by atoms with E-state index in [0.29, 0.717) is 11.5 Å². The molecule has 0 aromatic heterocycles. The van der Waals surface area contributed by atoms with Crippen LogP contribution in [0.25, 0.3) is 0 Å². The maximum absolute atomic E-state index is 6.20. The zero-order chi connectivity index (χ0) is 13.4. The maximum Gasteiger partial charge on any atom is 0.0336 e. The molecule has 1 saturated carbocycles. The van der Waals surface area contributed by atoms with E-state index >= 15 is 0 Å². The van der Waals surface area contributed by atoms with E-state index in [9.17, 15) is 0 Å². The summed E-state index contributed by atoms with van der Waals surface area (Å²) in [6.45, 7) is 11.6. The Morgan fingerprint density at radius 2 is 1.72 bits per heavy atom. The van der Waals surface area contributed by atoms with Crippen LogP contribution in [0.1, 0.15) is 46.5 Å². The van der Waals surface area contributed by atoms with Gasteiger partial charge in [0.25, 0.3) is 0 Å². The summed E-state index contributed by atoms with van der Waals surface area (Å²) >= 11 is 0. The van der Waals surface area contributed by atoms with Crippen molar-refractivity contribution in [2.75, 3.05) is 33.2 Å². The van der Waals surface area contributed by atoms with Crippen molar-refractivity contribution >= 4 is 0 Å². The van der Waals surface area contributed by atoms with Crippen LogP contribution in [0.15, 0.2) is 0 Å². The summed E-state index contributed by atoms with van der Waals surface area (Å²) in [6.07, 6.45) is 5.21. The Balaban J connectivity index is 2.08. The van der Waals surface area contributed by atoms with Gasteiger partial charge in [0.05, 0.1) is 0 Å². The van der Waals surface area contributed by atoms with Crippen molar-refractivity contribution in [3.05, 3.63) is 0 Å². The van der Waals surface area contributed by atoms with Gasteiger partial charge in [0.15, 0.2) is 0 Å². The molecule has 2 fully saturated rings. The highest BCUT2D eigenvalue weighted by Crippen LogP contribution is 2.43. The number of nitrogens with zero attached hydrogens (tertiary/aromatic N) is 2. The third kappa shape index (κ3) is 2.73. The SMILES string of the molecule is CC1CN(C)CCN1C1(CN)CCC(C)(C)CC1. The fourth-order valence-corrected chi connectivity index (χ4v) is 3.85. The molecule has 2 rings (SSSR count). The van der Waals surface area contributed by atoms with Gasteiger partial charge in [-0.15, -0.1) is 0 Å². The Labute approximate surface area is 113 Å². The lowest BCUT2D eigenvalue weighted by Crippen LogP contribution is -2.64. The molecule has 0 amide bonds. The molecule has 3 heteroatoms. The van der Waals surface area contributed by atoms with Gasteiger partial charge in [-0.2, -0.15) is 0 Å². The molecule has 0 spiro atoms. The zero-order valence-corrected chi connectivity index (χ0v) is 12.7. The Morgan fingerprint density at radius 1 is 1.11 bits per heavy atom. The molecule has 2 N–H and O–H groups in total. The number of hydrogen-bond acceptors (Lipinski definition) is 3. The minimum absolute atomic E-state index is 0.288. The van der Waals surface area contributed by atoms with Crippen LogP contribution in [0.4, 0.5) is 0 Å². The van der Waals surface area contributed by atoms with Crippen molar-refractivity contribution in [1.29, 1.82) is 0 Å². The molecule has 1 heterocycles. The van der Waals surface area contributed by atoms with Crippen molar-refractivity contribution in [3.8, 4) is 0 Å². The molecule has 1 aliphatic carbocycles. The molecule has 1 unspecified atom stereocenters. The first-order valence-electron chi connectivity index (χ1n) is 7.54. The second-order valence-electron chi connectivity index (χ2n) is 7.40. The van der Waals surface area contributed by atoms with Gasteiger partial charge in [0, 0.05) is 37.8 Å². The molecule has 1 atom stereocenters. The highest BCUT2D eigenvalue weighted by molar-refractivity contribution is 5.01. The van der Waals surface area contributed by atoms with E-state index in [1.165, 1.54) is 45.3 Å². The molecule has 3 nitrogen and oxygen atoms in total. The van der Waals surface area contributed by atoms with Crippen LogP contribution >= 0.6 is 0 Å². The monoisotopic (exact) mass is 253 g/mol. The first kappa shape index (κ1) is 14.3. The van der Waals surface area contributed by atoms with Crippen LogP contribution < -0.4 is 5.73 Å². The summed E-state index contributed by atoms with van der Waals surface area (Å²) < 4.78 is 0. The van der Waals surface area contributed by atoms with Crippen molar-refractivity contribution in [2.24, 2.45) is 11.1 Å². The van der Waals surface area contributed by atoms with Crippen LogP contribution in [0, 0.1) is 5.41 Å². The van der Waals surface area contributed by atoms with Crippen LogP contribution in [0.3, 0.4) is 0 Å². The van der Waals surface area contributed by atoms with Gasteiger partial charge in [-0.25, -0.2) is 0 Å². The topological polar surface area (TPSA) is 32.5 Å². The minimum Gasteiger partial charge on any atom is -0.329 e. The normalized spacial score (nSPS) is 33.5. The summed E-state index contributed by atoms with van der Waals surface area (Å²) in [7, 11) is 2.23. The van der Waals surface area contributed by atoms with Gasteiger partial charge in [-0.3, -0.25) is 4.90 Å². The number of piperazine rings is 1. The Bertz CT molecular complexity index is 277. The lowest BCUT2D eigenvalue weighted by Gasteiger charge is -2.54. The van der Waals surface area contributed by atoms with Crippen LogP contribution in [-0.4, -0.2) is 54.6 Å². The van der Waals surface area contributed by atoms with Crippen LogP contribution in [-0.2, 0) is 0 Å². The van der Waals surface area contributed by atoms with Gasteiger partial charge < -0.3 is 10.6 Å². The van der Waals surface area contributed by atoms with Crippen molar-refractivity contribution in [3.63, 3.8) is 0 Å². The number of nitrogens with two attached hydrogens (primary N) is 1. The van der Waals surface area contributed by atoms with Crippen molar-refractivity contribution in [1.82, 2.24) is 9.80 Å². The number of hydrogen-bond donors (Lipinski definition) is 1. The molecular formula is C15H31N3. The molecule has 0 aromatic carbocycles. The Kier molecular flexibility index (Phi) is 4.05. The van der Waals surface area contributed by atoms with Gasteiger partial charge in [0.2, 0.25) is 0 Å². The smallest absolute Gasteiger partial charge is 0.0336 e. The molecule has 18 heavy (non-hydrogen) atoms. The highest BCUT2D eigenvalue weighted by atomic mass is 15.3. The van der Waals surface area contributed by atoms with Gasteiger partial charge in [-0.05, 0) is 45.1 Å². The lowest BCUT2D eigenvalue weighted by molar-refractivity contribution is -0.0349. The molecule has 1 aliphatic heterocycles. The van der Waals surface area contributed by atoms with E-state index in [2.05, 4.69) is 37.6 Å². The van der Waals surface area contributed by atoms with Crippen LogP contribution in [0.5, 0.6) is 0 Å². The molecule has 106 valence electrons. The van der Waals surface area contributed by atoms with E-state index in [1.807, 2.05) is 0 Å². The molecule has 2 aliphatic rings. The van der Waals surface area contributed by atoms with Gasteiger partial charge >= 0.3 is 0 Å². The Morgan fingerprint density at radius 3 is 2.22 bits per heavy atom. The molecule has 1 saturated heterocycles. The molecule has 0 aromatic rings. The zero-order valence-electron chi connectivity index (χ0n) is 12.7. The van der Waals surface area contributed by atoms with E-state index < -0.39 is 0 Å². The first-order valence-corrected chi connectivity index (χ1v) is 7.54. The number of rotatable bonds is 2. The summed E-state index contributed by atoms with van der Waals surface area (Å²) in [6, 6.07) is 0.647. The second-order valence-corrected chi connectivity index (χ2v) is 7.40. The average Bonchev–Trinajstić information content (AvgIpc) is 2.31. The van der Waals surface area contributed by atoms with E-state index in [0.717, 1.165) is 6.54 Å². The predicted octanol–water partition coefficient (Wildman–Crippen LogP) is 1.92. The fraction of sp³-hybridized carbons (Fsp3) is 1.00. The van der Waals surface area contributed by atoms with E-state index in [4.69, 9.17) is 5.73 Å². The highest BCUT2D eigenvalue weighted by Gasteiger charge is 2.44. The standard InChI is InChI=1S/C15H31N3/c1-13-11-17(4)9-10-18(13)15(12-16)7-5-14(2,3)6-8-15/h13H,5-12,16H2,1-4H3.